The number of hydrogen-bond acceptors (Lipinski definition) is 0. The van der Waals surface area contributed by atoms with Gasteiger partial charge < -0.3 is 0 Å². The molecule has 0 aromatic rings. The van der Waals surface area contributed by atoms with Crippen molar-refractivity contribution in [2.24, 2.45) is 0 Å². The summed E-state index contributed by atoms with van der Waals surface area (Å²) in [6.07, 6.45) is 34.0. The van der Waals surface area contributed by atoms with Gasteiger partial charge in [0.05, 0.1) is 0 Å². The van der Waals surface area contributed by atoms with Crippen molar-refractivity contribution >= 4 is 0 Å². The van der Waals surface area contributed by atoms with Gasteiger partial charge in [-0.25, -0.2) is 0 Å². The van der Waals surface area contributed by atoms with Crippen molar-refractivity contribution in [1.29, 1.82) is 0 Å². The molecule has 0 heteroatoms. The third kappa shape index (κ3) is 15.9. The van der Waals surface area contributed by atoms with Gasteiger partial charge in [-0.2, -0.15) is 0 Å². The van der Waals surface area contributed by atoms with E-state index in [0.717, 1.165) is 0 Å². The zero-order valence-electron chi connectivity index (χ0n) is 17.8. The Morgan fingerprint density at radius 2 is 0.760 bits per heavy atom. The quantitative estimate of drug-likeness (QED) is 0.204. The molecule has 1 saturated carbocycles. The molecule has 0 unspecified atom stereocenters. The number of hydrogen-bond donors (Lipinski definition) is 0. The van der Waals surface area contributed by atoms with Gasteiger partial charge in [0.25, 0.3) is 0 Å². The molecule has 0 atom stereocenters. The summed E-state index contributed by atoms with van der Waals surface area (Å²) in [7, 11) is 0. The van der Waals surface area contributed by atoms with Gasteiger partial charge in [-0.05, 0) is 25.2 Å². The molecule has 0 saturated heterocycles. The summed E-state index contributed by atoms with van der Waals surface area (Å²) >= 11 is 0. The third-order valence-corrected chi connectivity index (χ3v) is 6.19. The van der Waals surface area contributed by atoms with Crippen LogP contribution in [0.2, 0.25) is 0 Å². The summed E-state index contributed by atoms with van der Waals surface area (Å²) in [5.41, 5.74) is 0. The van der Waals surface area contributed by atoms with E-state index in [0.29, 0.717) is 0 Å². The maximum atomic E-state index is 2.30. The van der Waals surface area contributed by atoms with Crippen LogP contribution in [0.4, 0.5) is 0 Å². The van der Waals surface area contributed by atoms with E-state index in [1.165, 1.54) is 148 Å². The topological polar surface area (TPSA) is 0 Å². The lowest BCUT2D eigenvalue weighted by molar-refractivity contribution is 0.523. The van der Waals surface area contributed by atoms with Gasteiger partial charge in [-0.15, -0.1) is 0 Å². The fraction of sp³-hybridized carbons (Fsp3) is 0.960. The first-order valence-corrected chi connectivity index (χ1v) is 12.3. The first-order valence-electron chi connectivity index (χ1n) is 12.3. The van der Waals surface area contributed by atoms with Gasteiger partial charge in [-0.1, -0.05) is 135 Å². The minimum Gasteiger partial charge on any atom is -0.0654 e. The highest BCUT2D eigenvalue weighted by Gasteiger charge is 2.14. The molecule has 1 fully saturated rings. The standard InChI is InChI=1S/C25H49/c1-2-3-4-5-6-7-8-9-10-11-12-13-14-15-16-17-18-19-22-25-23-20-21-24-25/h2-24H2,1H3. The first kappa shape index (κ1) is 23.0. The van der Waals surface area contributed by atoms with Crippen molar-refractivity contribution in [1.82, 2.24) is 0 Å². The van der Waals surface area contributed by atoms with E-state index in [4.69, 9.17) is 0 Å². The Morgan fingerprint density at radius 3 is 1.12 bits per heavy atom. The molecule has 0 nitrogen and oxygen atoms in total. The Labute approximate surface area is 160 Å². The van der Waals surface area contributed by atoms with Crippen LogP contribution in [0.1, 0.15) is 155 Å². The molecule has 0 heterocycles. The predicted octanol–water partition coefficient (Wildman–Crippen LogP) is 9.57. The van der Waals surface area contributed by atoms with Gasteiger partial charge in [-0.3, -0.25) is 0 Å². The second-order valence-electron chi connectivity index (χ2n) is 8.72. The van der Waals surface area contributed by atoms with Gasteiger partial charge in [0.1, 0.15) is 0 Å². The zero-order valence-corrected chi connectivity index (χ0v) is 17.8. The molecular formula is C25H49. The molecule has 0 bridgehead atoms. The lowest BCUT2D eigenvalue weighted by Crippen LogP contribution is -1.90. The average Bonchev–Trinajstić information content (AvgIpc) is 3.14. The second-order valence-corrected chi connectivity index (χ2v) is 8.72. The summed E-state index contributed by atoms with van der Waals surface area (Å²) in [4.78, 5) is 0. The molecule has 1 rings (SSSR count). The van der Waals surface area contributed by atoms with Crippen LogP contribution in [-0.4, -0.2) is 0 Å². The van der Waals surface area contributed by atoms with E-state index in [1.54, 1.807) is 0 Å². The Morgan fingerprint density at radius 1 is 0.440 bits per heavy atom. The lowest BCUT2D eigenvalue weighted by atomic mass is 9.99. The Balaban J connectivity index is 1.63. The van der Waals surface area contributed by atoms with Crippen molar-refractivity contribution < 1.29 is 0 Å². The molecule has 1 radical (unpaired) electrons. The maximum Gasteiger partial charge on any atom is -0.0241 e. The summed E-state index contributed by atoms with van der Waals surface area (Å²) in [6, 6.07) is 0. The van der Waals surface area contributed by atoms with Gasteiger partial charge in [0, 0.05) is 0 Å². The number of unbranched alkanes of at least 4 members (excludes halogenated alkanes) is 17. The lowest BCUT2D eigenvalue weighted by Gasteiger charge is -2.07. The van der Waals surface area contributed by atoms with E-state index < -0.39 is 0 Å². The smallest absolute Gasteiger partial charge is 0.0241 e. The fourth-order valence-electron chi connectivity index (χ4n) is 4.40. The van der Waals surface area contributed by atoms with E-state index in [-0.39, 0.29) is 0 Å². The largest absolute Gasteiger partial charge is 0.0654 e. The van der Waals surface area contributed by atoms with Crippen LogP contribution in [0.5, 0.6) is 0 Å². The number of rotatable bonds is 19. The first-order chi connectivity index (χ1) is 12.4. The molecule has 0 amide bonds. The highest BCUT2D eigenvalue weighted by Crippen LogP contribution is 2.31. The molecule has 1 aliphatic rings. The van der Waals surface area contributed by atoms with E-state index >= 15 is 0 Å². The molecule has 0 aromatic heterocycles. The van der Waals surface area contributed by atoms with Gasteiger partial charge >= 0.3 is 0 Å². The van der Waals surface area contributed by atoms with E-state index in [9.17, 15) is 0 Å². The Bertz CT molecular complexity index is 238. The third-order valence-electron chi connectivity index (χ3n) is 6.19. The van der Waals surface area contributed by atoms with Crippen LogP contribution in [0, 0.1) is 5.92 Å². The van der Waals surface area contributed by atoms with Crippen molar-refractivity contribution in [3.05, 3.63) is 5.92 Å². The Kier molecular flexibility index (Phi) is 17.3. The van der Waals surface area contributed by atoms with E-state index in [2.05, 4.69) is 6.92 Å². The van der Waals surface area contributed by atoms with Crippen molar-refractivity contribution in [2.75, 3.05) is 0 Å². The van der Waals surface area contributed by atoms with Crippen LogP contribution < -0.4 is 0 Å². The zero-order chi connectivity index (χ0) is 17.8. The van der Waals surface area contributed by atoms with Gasteiger partial charge in [0.15, 0.2) is 0 Å². The molecular weight excluding hydrogens is 300 g/mol. The highest BCUT2D eigenvalue weighted by molar-refractivity contribution is 4.93. The monoisotopic (exact) mass is 349 g/mol. The highest BCUT2D eigenvalue weighted by atomic mass is 14.2. The van der Waals surface area contributed by atoms with Crippen LogP contribution >= 0.6 is 0 Å². The summed E-state index contributed by atoms with van der Waals surface area (Å²) in [5, 5.41) is 0. The summed E-state index contributed by atoms with van der Waals surface area (Å²) < 4.78 is 0. The van der Waals surface area contributed by atoms with Crippen molar-refractivity contribution in [3.63, 3.8) is 0 Å². The normalized spacial score (nSPS) is 15.2. The van der Waals surface area contributed by atoms with Crippen molar-refractivity contribution in [3.8, 4) is 0 Å². The molecule has 1 aliphatic carbocycles. The summed E-state index contributed by atoms with van der Waals surface area (Å²) in [5.74, 6) is 1.89. The van der Waals surface area contributed by atoms with Crippen molar-refractivity contribution in [2.45, 2.75) is 155 Å². The van der Waals surface area contributed by atoms with Crippen LogP contribution in [-0.2, 0) is 0 Å². The Hall–Kier alpha value is 0. The average molecular weight is 350 g/mol. The van der Waals surface area contributed by atoms with E-state index in [1.807, 2.05) is 5.92 Å². The fourth-order valence-corrected chi connectivity index (χ4v) is 4.40. The molecule has 149 valence electrons. The molecule has 0 N–H and O–H groups in total. The molecule has 0 spiro atoms. The molecule has 0 aliphatic heterocycles. The SMILES string of the molecule is CCCCCCCCCCCCCCCCCCCC[C]1CCCC1. The summed E-state index contributed by atoms with van der Waals surface area (Å²) in [6.45, 7) is 2.30. The van der Waals surface area contributed by atoms with Gasteiger partial charge in [0.2, 0.25) is 0 Å². The van der Waals surface area contributed by atoms with Crippen LogP contribution in [0.15, 0.2) is 0 Å². The van der Waals surface area contributed by atoms with Crippen LogP contribution in [0.25, 0.3) is 0 Å². The second kappa shape index (κ2) is 18.8. The molecule has 25 heavy (non-hydrogen) atoms. The minimum atomic E-state index is 1.37. The van der Waals surface area contributed by atoms with Crippen LogP contribution in [0.3, 0.4) is 0 Å². The minimum absolute atomic E-state index is 1.37. The predicted molar refractivity (Wildman–Crippen MR) is 115 cm³/mol. The maximum absolute atomic E-state index is 2.30. The molecule has 0 aromatic carbocycles.